The number of aromatic nitrogens is 1. The summed E-state index contributed by atoms with van der Waals surface area (Å²) in [6.07, 6.45) is 7.54. The Morgan fingerprint density at radius 3 is 2.20 bits per heavy atom. The second-order valence-electron chi connectivity index (χ2n) is 11.4. The van der Waals surface area contributed by atoms with Crippen LogP contribution in [0.4, 0.5) is 5.69 Å². The number of methoxy groups -OCH3 is 3. The highest BCUT2D eigenvalue weighted by Gasteiger charge is 2.35. The van der Waals surface area contributed by atoms with Crippen LogP contribution in [0.1, 0.15) is 73.0 Å². The van der Waals surface area contributed by atoms with Gasteiger partial charge in [0.1, 0.15) is 6.04 Å². The predicted octanol–water partition coefficient (Wildman–Crippen LogP) is 6.55. The molecule has 1 saturated carbocycles. The molecule has 1 aromatic heterocycles. The van der Waals surface area contributed by atoms with Crippen LogP contribution in [0.3, 0.4) is 0 Å². The van der Waals surface area contributed by atoms with Crippen LogP contribution in [0.2, 0.25) is 0 Å². The molecule has 3 aromatic carbocycles. The normalized spacial score (nSPS) is 14.0. The summed E-state index contributed by atoms with van der Waals surface area (Å²) in [5.41, 5.74) is 3.54. The molecule has 236 valence electrons. The Labute approximate surface area is 263 Å². The largest absolute Gasteiger partial charge is 0.493 e. The molecule has 9 nitrogen and oxygen atoms in total. The molecule has 9 heteroatoms. The summed E-state index contributed by atoms with van der Waals surface area (Å²) in [5, 5.41) is 4.30. The van der Waals surface area contributed by atoms with Crippen molar-refractivity contribution < 1.29 is 28.6 Å². The van der Waals surface area contributed by atoms with Crippen LogP contribution >= 0.6 is 0 Å². The number of hydrogen-bond acceptors (Lipinski definition) is 6. The van der Waals surface area contributed by atoms with Gasteiger partial charge in [0.25, 0.3) is 0 Å². The van der Waals surface area contributed by atoms with Crippen molar-refractivity contribution in [3.05, 3.63) is 83.6 Å². The van der Waals surface area contributed by atoms with Crippen molar-refractivity contribution >= 4 is 34.2 Å². The molecule has 1 atom stereocenters. The average molecular weight is 612 g/mol. The lowest BCUT2D eigenvalue weighted by Crippen LogP contribution is -2.47. The summed E-state index contributed by atoms with van der Waals surface area (Å²) in [4.78, 5) is 45.7. The number of ketones is 1. The Balaban J connectivity index is 1.60. The number of para-hydroxylation sites is 1. The minimum Gasteiger partial charge on any atom is -0.493 e. The van der Waals surface area contributed by atoms with E-state index in [-0.39, 0.29) is 30.1 Å². The number of aromatic amines is 1. The maximum atomic E-state index is 14.4. The van der Waals surface area contributed by atoms with E-state index in [1.807, 2.05) is 30.5 Å². The van der Waals surface area contributed by atoms with E-state index in [0.717, 1.165) is 48.6 Å². The molecule has 1 heterocycles. The maximum Gasteiger partial charge on any atom is 0.248 e. The van der Waals surface area contributed by atoms with Crippen molar-refractivity contribution in [1.29, 1.82) is 0 Å². The van der Waals surface area contributed by atoms with Gasteiger partial charge < -0.3 is 24.5 Å². The molecule has 4 aromatic rings. The van der Waals surface area contributed by atoms with Crippen molar-refractivity contribution in [2.45, 2.75) is 64.0 Å². The van der Waals surface area contributed by atoms with Gasteiger partial charge >= 0.3 is 0 Å². The molecular weight excluding hydrogens is 570 g/mol. The first kappa shape index (κ1) is 31.6. The molecule has 1 fully saturated rings. The molecule has 1 aliphatic carbocycles. The Hall–Kier alpha value is -4.79. The third-order valence-electron chi connectivity index (χ3n) is 8.56. The van der Waals surface area contributed by atoms with Gasteiger partial charge in [0.15, 0.2) is 17.3 Å². The molecular formula is C36H41N3O6. The number of ether oxygens (including phenoxy) is 3. The SMILES string of the molecule is COc1cc([C@@H](C(=O)NC2CCCCC2)N(C(=O)CCc2c[nH]c3ccccc23)c2ccc(C(C)=O)cc2)cc(OC)c1OC. The highest BCUT2D eigenvalue weighted by Crippen LogP contribution is 2.42. The first-order chi connectivity index (χ1) is 21.8. The van der Waals surface area contributed by atoms with Gasteiger partial charge in [-0.25, -0.2) is 0 Å². The summed E-state index contributed by atoms with van der Waals surface area (Å²) in [6, 6.07) is 17.2. The number of nitrogens with one attached hydrogen (secondary N) is 2. The molecule has 0 bridgehead atoms. The zero-order valence-corrected chi connectivity index (χ0v) is 26.4. The van der Waals surface area contributed by atoms with Crippen molar-refractivity contribution in [2.24, 2.45) is 0 Å². The number of benzene rings is 3. The van der Waals surface area contributed by atoms with Crippen LogP contribution in [-0.4, -0.2) is 50.0 Å². The fourth-order valence-electron chi connectivity index (χ4n) is 6.20. The number of carbonyl (C=O) groups excluding carboxylic acids is 3. The van der Waals surface area contributed by atoms with Crippen molar-refractivity contribution in [1.82, 2.24) is 10.3 Å². The summed E-state index contributed by atoms with van der Waals surface area (Å²) >= 11 is 0. The summed E-state index contributed by atoms with van der Waals surface area (Å²) in [5.74, 6) is 0.509. The fraction of sp³-hybridized carbons (Fsp3) is 0.361. The highest BCUT2D eigenvalue weighted by atomic mass is 16.5. The van der Waals surface area contributed by atoms with Gasteiger partial charge in [-0.2, -0.15) is 0 Å². The third-order valence-corrected chi connectivity index (χ3v) is 8.56. The number of Topliss-reactive ketones (excluding diaryl/α,β-unsaturated/α-hetero) is 1. The molecule has 2 amide bonds. The number of H-pyrrole nitrogens is 1. The number of hydrogen-bond donors (Lipinski definition) is 2. The average Bonchev–Trinajstić information content (AvgIpc) is 3.48. The Kier molecular flexibility index (Phi) is 10.1. The molecule has 0 aliphatic heterocycles. The van der Waals surface area contributed by atoms with E-state index in [1.165, 1.54) is 33.2 Å². The molecule has 5 rings (SSSR count). The predicted molar refractivity (Wildman–Crippen MR) is 174 cm³/mol. The minimum absolute atomic E-state index is 0.0130. The number of aryl methyl sites for hydroxylation is 1. The second-order valence-corrected chi connectivity index (χ2v) is 11.4. The van der Waals surface area contributed by atoms with Gasteiger partial charge in [-0.15, -0.1) is 0 Å². The van der Waals surface area contributed by atoms with E-state index >= 15 is 0 Å². The monoisotopic (exact) mass is 611 g/mol. The molecule has 0 saturated heterocycles. The van der Waals surface area contributed by atoms with Crippen molar-refractivity contribution in [3.63, 3.8) is 0 Å². The van der Waals surface area contributed by atoms with E-state index in [9.17, 15) is 14.4 Å². The van der Waals surface area contributed by atoms with E-state index in [1.54, 1.807) is 36.4 Å². The number of anilines is 1. The molecule has 0 radical (unpaired) electrons. The number of carbonyl (C=O) groups is 3. The van der Waals surface area contributed by atoms with E-state index in [0.29, 0.717) is 40.5 Å². The minimum atomic E-state index is -1.06. The van der Waals surface area contributed by atoms with E-state index in [4.69, 9.17) is 14.2 Å². The highest BCUT2D eigenvalue weighted by molar-refractivity contribution is 6.02. The van der Waals surface area contributed by atoms with Crippen LogP contribution in [0.15, 0.2) is 66.9 Å². The molecule has 2 N–H and O–H groups in total. The number of fused-ring (bicyclic) bond motifs is 1. The van der Waals surface area contributed by atoms with Crippen LogP contribution in [0.5, 0.6) is 17.2 Å². The van der Waals surface area contributed by atoms with Gasteiger partial charge in [-0.05, 0) is 79.8 Å². The van der Waals surface area contributed by atoms with E-state index in [2.05, 4.69) is 10.3 Å². The molecule has 45 heavy (non-hydrogen) atoms. The molecule has 0 spiro atoms. The van der Waals surface area contributed by atoms with Crippen molar-refractivity contribution in [2.75, 3.05) is 26.2 Å². The lowest BCUT2D eigenvalue weighted by Gasteiger charge is -2.34. The fourth-order valence-corrected chi connectivity index (χ4v) is 6.20. The smallest absolute Gasteiger partial charge is 0.248 e. The standard InChI is InChI=1S/C36H41N3O6/c1-23(40)24-14-17-28(18-15-24)39(33(41)19-16-25-22-37-30-13-9-8-12-29(25)30)34(36(42)38-27-10-6-5-7-11-27)26-20-31(43-2)35(45-4)32(21-26)44-3/h8-9,12-15,17-18,20-22,27,34,37H,5-7,10-11,16,19H2,1-4H3,(H,38,42)/t34-/m0/s1. The van der Waals surface area contributed by atoms with Crippen LogP contribution in [-0.2, 0) is 16.0 Å². The first-order valence-electron chi connectivity index (χ1n) is 15.4. The Morgan fingerprint density at radius 1 is 0.911 bits per heavy atom. The van der Waals surface area contributed by atoms with E-state index < -0.39 is 6.04 Å². The van der Waals surface area contributed by atoms with Crippen LogP contribution in [0.25, 0.3) is 10.9 Å². The summed E-state index contributed by atoms with van der Waals surface area (Å²) in [6.45, 7) is 1.50. The van der Waals surface area contributed by atoms with Crippen LogP contribution < -0.4 is 24.4 Å². The van der Waals surface area contributed by atoms with Gasteiger partial charge in [-0.3, -0.25) is 19.3 Å². The molecule has 0 unspecified atom stereocenters. The quantitative estimate of drug-likeness (QED) is 0.176. The number of rotatable bonds is 12. The maximum absolute atomic E-state index is 14.4. The summed E-state index contributed by atoms with van der Waals surface area (Å²) < 4.78 is 16.8. The van der Waals surface area contributed by atoms with Gasteiger partial charge in [0.05, 0.1) is 21.3 Å². The lowest BCUT2D eigenvalue weighted by molar-refractivity contribution is -0.127. The second kappa shape index (κ2) is 14.3. The topological polar surface area (TPSA) is 110 Å². The molecule has 1 aliphatic rings. The zero-order chi connectivity index (χ0) is 31.9. The van der Waals surface area contributed by atoms with Gasteiger partial charge in [0.2, 0.25) is 17.6 Å². The lowest BCUT2D eigenvalue weighted by atomic mass is 9.94. The summed E-state index contributed by atoms with van der Waals surface area (Å²) in [7, 11) is 4.55. The zero-order valence-electron chi connectivity index (χ0n) is 26.4. The van der Waals surface area contributed by atoms with Gasteiger partial charge in [0, 0.05) is 40.8 Å². The van der Waals surface area contributed by atoms with Gasteiger partial charge in [-0.1, -0.05) is 37.5 Å². The number of amides is 2. The Morgan fingerprint density at radius 2 is 1.58 bits per heavy atom. The van der Waals surface area contributed by atoms with Crippen LogP contribution in [0, 0.1) is 0 Å². The first-order valence-corrected chi connectivity index (χ1v) is 15.4. The number of nitrogens with zero attached hydrogens (tertiary/aromatic N) is 1. The third kappa shape index (κ3) is 6.98. The van der Waals surface area contributed by atoms with Crippen molar-refractivity contribution in [3.8, 4) is 17.2 Å². The Bertz CT molecular complexity index is 1630.